The molecule has 1 aromatic heterocycles. The Morgan fingerprint density at radius 2 is 1.75 bits per heavy atom. The molecule has 1 aliphatic rings. The van der Waals surface area contributed by atoms with Crippen LogP contribution in [0.3, 0.4) is 0 Å². The number of carbonyl (C=O) groups excluding carboxylic acids is 1. The molecule has 0 saturated carbocycles. The summed E-state index contributed by atoms with van der Waals surface area (Å²) in [5, 5.41) is 3.43. The molecule has 1 saturated heterocycles. The summed E-state index contributed by atoms with van der Waals surface area (Å²) < 4.78 is 27.9. The SMILES string of the molecule is O=C(CSc1cc(N2CCN(c3ccccc3F)CC2)ncn1)Nc1ccc(Cl)cc1F. The van der Waals surface area contributed by atoms with Crippen molar-refractivity contribution < 1.29 is 13.6 Å². The summed E-state index contributed by atoms with van der Waals surface area (Å²) in [5.41, 5.74) is 0.685. The predicted molar refractivity (Wildman–Crippen MR) is 124 cm³/mol. The van der Waals surface area contributed by atoms with Gasteiger partial charge in [-0.3, -0.25) is 4.79 Å². The van der Waals surface area contributed by atoms with E-state index in [1.54, 1.807) is 12.1 Å². The maximum Gasteiger partial charge on any atom is 0.234 e. The highest BCUT2D eigenvalue weighted by molar-refractivity contribution is 7.99. The van der Waals surface area contributed by atoms with Crippen molar-refractivity contribution >= 4 is 46.5 Å². The quantitative estimate of drug-likeness (QED) is 0.419. The minimum atomic E-state index is -0.588. The van der Waals surface area contributed by atoms with Crippen LogP contribution < -0.4 is 15.1 Å². The van der Waals surface area contributed by atoms with Crippen LogP contribution in [0, 0.1) is 11.6 Å². The van der Waals surface area contributed by atoms with Gasteiger partial charge in [0.05, 0.1) is 17.1 Å². The lowest BCUT2D eigenvalue weighted by Gasteiger charge is -2.36. The van der Waals surface area contributed by atoms with Crippen LogP contribution in [0.5, 0.6) is 0 Å². The fourth-order valence-corrected chi connectivity index (χ4v) is 4.20. The van der Waals surface area contributed by atoms with Gasteiger partial charge in [0.2, 0.25) is 5.91 Å². The number of para-hydroxylation sites is 1. The normalized spacial score (nSPS) is 13.8. The van der Waals surface area contributed by atoms with Gasteiger partial charge in [-0.2, -0.15) is 0 Å². The number of aromatic nitrogens is 2. The maximum absolute atomic E-state index is 14.0. The van der Waals surface area contributed by atoms with Crippen molar-refractivity contribution in [2.24, 2.45) is 0 Å². The zero-order valence-electron chi connectivity index (χ0n) is 17.0. The average Bonchev–Trinajstić information content (AvgIpc) is 2.80. The van der Waals surface area contributed by atoms with Crippen molar-refractivity contribution in [1.82, 2.24) is 9.97 Å². The van der Waals surface area contributed by atoms with Gasteiger partial charge in [0.25, 0.3) is 0 Å². The van der Waals surface area contributed by atoms with Crippen LogP contribution in [-0.2, 0) is 4.79 Å². The van der Waals surface area contributed by atoms with E-state index in [1.165, 1.54) is 36.3 Å². The molecule has 0 radical (unpaired) electrons. The van der Waals surface area contributed by atoms with E-state index >= 15 is 0 Å². The monoisotopic (exact) mass is 475 g/mol. The number of benzene rings is 2. The summed E-state index contributed by atoms with van der Waals surface area (Å²) >= 11 is 6.96. The molecular weight excluding hydrogens is 456 g/mol. The molecule has 1 fully saturated rings. The lowest BCUT2D eigenvalue weighted by molar-refractivity contribution is -0.113. The number of carbonyl (C=O) groups is 1. The first-order valence-electron chi connectivity index (χ1n) is 9.94. The number of nitrogens with zero attached hydrogens (tertiary/aromatic N) is 4. The lowest BCUT2D eigenvalue weighted by Crippen LogP contribution is -2.47. The van der Waals surface area contributed by atoms with Crippen molar-refractivity contribution in [3.8, 4) is 0 Å². The summed E-state index contributed by atoms with van der Waals surface area (Å²) in [6.07, 6.45) is 1.46. The number of rotatable bonds is 6. The predicted octanol–water partition coefficient (Wildman–Crippen LogP) is 4.47. The van der Waals surface area contributed by atoms with Gasteiger partial charge in [-0.15, -0.1) is 0 Å². The number of thioether (sulfide) groups is 1. The van der Waals surface area contributed by atoms with Crippen molar-refractivity contribution in [3.63, 3.8) is 0 Å². The van der Waals surface area contributed by atoms with Gasteiger partial charge in [0.1, 0.15) is 28.8 Å². The molecule has 0 unspecified atom stereocenters. The van der Waals surface area contributed by atoms with E-state index < -0.39 is 5.82 Å². The van der Waals surface area contributed by atoms with Gasteiger partial charge in [-0.1, -0.05) is 35.5 Å². The molecule has 0 bridgehead atoms. The largest absolute Gasteiger partial charge is 0.366 e. The van der Waals surface area contributed by atoms with Gasteiger partial charge in [-0.05, 0) is 30.3 Å². The smallest absolute Gasteiger partial charge is 0.234 e. The fourth-order valence-electron chi connectivity index (χ4n) is 3.38. The highest BCUT2D eigenvalue weighted by atomic mass is 35.5. The number of halogens is 3. The Balaban J connectivity index is 1.32. The third kappa shape index (κ3) is 5.46. The van der Waals surface area contributed by atoms with Gasteiger partial charge in [0, 0.05) is 37.3 Å². The molecule has 4 rings (SSSR count). The van der Waals surface area contributed by atoms with Gasteiger partial charge in [-0.25, -0.2) is 18.7 Å². The Bertz CT molecular complexity index is 1110. The van der Waals surface area contributed by atoms with Crippen LogP contribution in [-0.4, -0.2) is 47.8 Å². The molecule has 6 nitrogen and oxygen atoms in total. The molecule has 1 aliphatic heterocycles. The van der Waals surface area contributed by atoms with Crippen LogP contribution in [0.15, 0.2) is 59.9 Å². The first-order valence-corrected chi connectivity index (χ1v) is 11.3. The van der Waals surface area contributed by atoms with Crippen molar-refractivity contribution in [1.29, 1.82) is 0 Å². The Morgan fingerprint density at radius 3 is 2.50 bits per heavy atom. The number of amides is 1. The molecule has 10 heteroatoms. The van der Waals surface area contributed by atoms with Crippen LogP contribution >= 0.6 is 23.4 Å². The van der Waals surface area contributed by atoms with E-state index in [4.69, 9.17) is 11.6 Å². The molecule has 0 aliphatic carbocycles. The summed E-state index contributed by atoms with van der Waals surface area (Å²) in [6.45, 7) is 2.71. The minimum absolute atomic E-state index is 0.0690. The second kappa shape index (κ2) is 10.1. The second-order valence-corrected chi connectivity index (χ2v) is 8.53. The Morgan fingerprint density at radius 1 is 1.00 bits per heavy atom. The molecular formula is C22H20ClF2N5OS. The summed E-state index contributed by atoms with van der Waals surface area (Å²) in [4.78, 5) is 24.9. The molecule has 32 heavy (non-hydrogen) atoms. The fraction of sp³-hybridized carbons (Fsp3) is 0.227. The molecule has 0 atom stereocenters. The van der Waals surface area contributed by atoms with Crippen LogP contribution in [0.4, 0.5) is 26.0 Å². The number of hydrogen-bond acceptors (Lipinski definition) is 6. The van der Waals surface area contributed by atoms with E-state index in [0.29, 0.717) is 36.9 Å². The van der Waals surface area contributed by atoms with E-state index in [0.717, 1.165) is 11.9 Å². The maximum atomic E-state index is 14.0. The highest BCUT2D eigenvalue weighted by Gasteiger charge is 2.20. The third-order valence-corrected chi connectivity index (χ3v) is 6.14. The zero-order valence-corrected chi connectivity index (χ0v) is 18.5. The van der Waals surface area contributed by atoms with E-state index in [-0.39, 0.29) is 28.2 Å². The van der Waals surface area contributed by atoms with Crippen molar-refractivity contribution in [2.75, 3.05) is 47.0 Å². The Hall–Kier alpha value is -2.91. The second-order valence-electron chi connectivity index (χ2n) is 7.10. The van der Waals surface area contributed by atoms with E-state index in [9.17, 15) is 13.6 Å². The molecule has 0 spiro atoms. The first kappa shape index (κ1) is 22.3. The molecule has 1 N–H and O–H groups in total. The Labute approximate surface area is 193 Å². The summed E-state index contributed by atoms with van der Waals surface area (Å²) in [7, 11) is 0. The molecule has 3 aromatic rings. The van der Waals surface area contributed by atoms with Gasteiger partial charge >= 0.3 is 0 Å². The molecule has 1 amide bonds. The summed E-state index contributed by atoms with van der Waals surface area (Å²) in [6, 6.07) is 12.7. The first-order chi connectivity index (χ1) is 15.5. The molecule has 2 heterocycles. The van der Waals surface area contributed by atoms with Crippen molar-refractivity contribution in [2.45, 2.75) is 5.03 Å². The standard InChI is InChI=1S/C22H20ClF2N5OS/c23-15-5-6-18(17(25)11-15)28-21(31)13-32-22-12-20(26-14-27-22)30-9-7-29(8-10-30)19-4-2-1-3-16(19)24/h1-6,11-12,14H,7-10,13H2,(H,28,31). The van der Waals surface area contributed by atoms with E-state index in [1.807, 2.05) is 17.0 Å². The third-order valence-electron chi connectivity index (χ3n) is 4.98. The highest BCUT2D eigenvalue weighted by Crippen LogP contribution is 2.24. The van der Waals surface area contributed by atoms with Crippen LogP contribution in [0.2, 0.25) is 5.02 Å². The number of piperazine rings is 1. The topological polar surface area (TPSA) is 61.4 Å². The number of nitrogens with one attached hydrogen (secondary N) is 1. The molecule has 2 aromatic carbocycles. The summed E-state index contributed by atoms with van der Waals surface area (Å²) in [5.74, 6) is -0.345. The molecule has 166 valence electrons. The van der Waals surface area contributed by atoms with Crippen LogP contribution in [0.25, 0.3) is 0 Å². The van der Waals surface area contributed by atoms with Gasteiger partial charge in [0.15, 0.2) is 0 Å². The zero-order chi connectivity index (χ0) is 22.5. The van der Waals surface area contributed by atoms with Crippen molar-refractivity contribution in [3.05, 3.63) is 71.5 Å². The average molecular weight is 476 g/mol. The van der Waals surface area contributed by atoms with E-state index in [2.05, 4.69) is 20.2 Å². The van der Waals surface area contributed by atoms with Crippen LogP contribution in [0.1, 0.15) is 0 Å². The lowest BCUT2D eigenvalue weighted by atomic mass is 10.2. The van der Waals surface area contributed by atoms with Gasteiger partial charge < -0.3 is 15.1 Å². The number of anilines is 3. The number of hydrogen-bond donors (Lipinski definition) is 1. The Kier molecular flexibility index (Phi) is 7.06. The minimum Gasteiger partial charge on any atom is -0.366 e.